The molecule has 1 amide bonds. The van der Waals surface area contributed by atoms with Crippen LogP contribution in [0.5, 0.6) is 11.5 Å². The minimum atomic E-state index is -0.280. The molecule has 0 radical (unpaired) electrons. The molecule has 180 valence electrons. The largest absolute Gasteiger partial charge is 0.507 e. The number of phenolic OH excluding ortho intramolecular Hbond substituents is 1. The number of aromatic hydroxyl groups is 1. The molecule has 0 aliphatic rings. The number of methoxy groups -OCH3 is 1. The molecule has 2 N–H and O–H groups in total. The Morgan fingerprint density at radius 2 is 1.91 bits per heavy atom. The molecule has 0 bridgehead atoms. The topological polar surface area (TPSA) is 105 Å². The molecular formula is C24H30N6O3S. The molecule has 1 aromatic heterocycles. The number of benzene rings is 2. The van der Waals surface area contributed by atoms with Gasteiger partial charge in [0.05, 0.1) is 19.1 Å². The lowest BCUT2D eigenvalue weighted by atomic mass is 10.2. The molecule has 9 nitrogen and oxygen atoms in total. The number of aromatic nitrogens is 3. The first-order chi connectivity index (χ1) is 16.5. The SMILES string of the molecule is CCN(CC)c1ccc(/C=N/NC(=O)CSc2nnc(-c3ccc(OC)cc3)n2CC)c(O)c1. The second-order valence-electron chi connectivity index (χ2n) is 7.28. The van der Waals surface area contributed by atoms with E-state index in [1.807, 2.05) is 41.8 Å². The monoisotopic (exact) mass is 482 g/mol. The fourth-order valence-electron chi connectivity index (χ4n) is 3.40. The van der Waals surface area contributed by atoms with E-state index in [0.717, 1.165) is 35.9 Å². The van der Waals surface area contributed by atoms with E-state index in [1.54, 1.807) is 19.2 Å². The number of nitrogens with zero attached hydrogens (tertiary/aromatic N) is 5. The Balaban J connectivity index is 1.58. The van der Waals surface area contributed by atoms with Crippen LogP contribution in [-0.2, 0) is 11.3 Å². The fourth-order valence-corrected chi connectivity index (χ4v) is 4.19. The van der Waals surface area contributed by atoms with Gasteiger partial charge in [-0.3, -0.25) is 4.79 Å². The molecule has 3 aromatic rings. The Morgan fingerprint density at radius 1 is 1.18 bits per heavy atom. The van der Waals surface area contributed by atoms with Gasteiger partial charge in [-0.15, -0.1) is 10.2 Å². The molecule has 0 unspecified atom stereocenters. The smallest absolute Gasteiger partial charge is 0.250 e. The van der Waals surface area contributed by atoms with Crippen molar-refractivity contribution < 1.29 is 14.6 Å². The highest BCUT2D eigenvalue weighted by Crippen LogP contribution is 2.26. The molecule has 0 spiro atoms. The van der Waals surface area contributed by atoms with Crippen molar-refractivity contribution >= 4 is 29.6 Å². The van der Waals surface area contributed by atoms with E-state index in [0.29, 0.717) is 17.3 Å². The minimum absolute atomic E-state index is 0.110. The van der Waals surface area contributed by atoms with Gasteiger partial charge in [-0.1, -0.05) is 11.8 Å². The first kappa shape index (κ1) is 25.1. The van der Waals surface area contributed by atoms with Crippen molar-refractivity contribution in [3.8, 4) is 22.9 Å². The maximum Gasteiger partial charge on any atom is 0.250 e. The predicted octanol–water partition coefficient (Wildman–Crippen LogP) is 3.77. The van der Waals surface area contributed by atoms with Gasteiger partial charge >= 0.3 is 0 Å². The zero-order valence-corrected chi connectivity index (χ0v) is 20.7. The van der Waals surface area contributed by atoms with Crippen LogP contribution in [0.15, 0.2) is 52.7 Å². The summed E-state index contributed by atoms with van der Waals surface area (Å²) in [7, 11) is 1.62. The van der Waals surface area contributed by atoms with Crippen LogP contribution in [0, 0.1) is 0 Å². The fraction of sp³-hybridized carbons (Fsp3) is 0.333. The van der Waals surface area contributed by atoms with Crippen molar-refractivity contribution in [2.45, 2.75) is 32.5 Å². The van der Waals surface area contributed by atoms with Crippen molar-refractivity contribution in [1.29, 1.82) is 0 Å². The highest BCUT2D eigenvalue weighted by molar-refractivity contribution is 7.99. The van der Waals surface area contributed by atoms with Gasteiger partial charge in [0.2, 0.25) is 0 Å². The third kappa shape index (κ3) is 6.07. The van der Waals surface area contributed by atoms with Crippen LogP contribution in [-0.4, -0.2) is 57.9 Å². The van der Waals surface area contributed by atoms with Crippen molar-refractivity contribution in [3.05, 3.63) is 48.0 Å². The van der Waals surface area contributed by atoms with E-state index in [4.69, 9.17) is 4.74 Å². The average Bonchev–Trinajstić information content (AvgIpc) is 3.27. The summed E-state index contributed by atoms with van der Waals surface area (Å²) in [4.78, 5) is 14.4. The number of amides is 1. The number of thioether (sulfide) groups is 1. The van der Waals surface area contributed by atoms with E-state index in [-0.39, 0.29) is 17.4 Å². The summed E-state index contributed by atoms with van der Waals surface area (Å²) in [6.07, 6.45) is 1.43. The molecule has 2 aromatic carbocycles. The van der Waals surface area contributed by atoms with E-state index in [1.165, 1.54) is 18.0 Å². The number of carbonyl (C=O) groups is 1. The third-order valence-electron chi connectivity index (χ3n) is 5.25. The summed E-state index contributed by atoms with van der Waals surface area (Å²) in [5.74, 6) is 1.46. The van der Waals surface area contributed by atoms with Crippen molar-refractivity contribution in [3.63, 3.8) is 0 Å². The first-order valence-corrected chi connectivity index (χ1v) is 12.1. The maximum atomic E-state index is 12.3. The van der Waals surface area contributed by atoms with Gasteiger partial charge in [-0.25, -0.2) is 5.43 Å². The highest BCUT2D eigenvalue weighted by atomic mass is 32.2. The average molecular weight is 483 g/mol. The van der Waals surface area contributed by atoms with E-state index in [2.05, 4.69) is 39.5 Å². The van der Waals surface area contributed by atoms with Gasteiger partial charge < -0.3 is 19.3 Å². The Kier molecular flexibility index (Phi) is 8.92. The quantitative estimate of drug-likeness (QED) is 0.243. The van der Waals surface area contributed by atoms with Crippen LogP contribution >= 0.6 is 11.8 Å². The summed E-state index contributed by atoms with van der Waals surface area (Å²) in [6, 6.07) is 13.0. The first-order valence-electron chi connectivity index (χ1n) is 11.1. The van der Waals surface area contributed by atoms with E-state index in [9.17, 15) is 9.90 Å². The second kappa shape index (κ2) is 12.1. The van der Waals surface area contributed by atoms with Gasteiger partial charge in [0.25, 0.3) is 5.91 Å². The van der Waals surface area contributed by atoms with Gasteiger partial charge in [0, 0.05) is 42.5 Å². The Labute approximate surface area is 203 Å². The summed E-state index contributed by atoms with van der Waals surface area (Å²) >= 11 is 1.29. The third-order valence-corrected chi connectivity index (χ3v) is 6.22. The Bertz CT molecular complexity index is 1130. The number of carbonyl (C=O) groups excluding carboxylic acids is 1. The molecular weight excluding hydrogens is 452 g/mol. The summed E-state index contributed by atoms with van der Waals surface area (Å²) in [5, 5.41) is 23.4. The van der Waals surface area contributed by atoms with Gasteiger partial charge in [0.1, 0.15) is 11.5 Å². The van der Waals surface area contributed by atoms with Gasteiger partial charge in [-0.05, 0) is 57.2 Å². The van der Waals surface area contributed by atoms with Crippen LogP contribution in [0.25, 0.3) is 11.4 Å². The molecule has 0 fully saturated rings. The summed E-state index contributed by atoms with van der Waals surface area (Å²) in [5.41, 5.74) is 4.88. The molecule has 10 heteroatoms. The number of hydrazone groups is 1. The number of rotatable bonds is 11. The van der Waals surface area contributed by atoms with Gasteiger partial charge in [0.15, 0.2) is 11.0 Å². The zero-order chi connectivity index (χ0) is 24.5. The lowest BCUT2D eigenvalue weighted by molar-refractivity contribution is -0.118. The Morgan fingerprint density at radius 3 is 2.53 bits per heavy atom. The molecule has 34 heavy (non-hydrogen) atoms. The molecule has 0 aliphatic carbocycles. The molecule has 0 saturated carbocycles. The molecule has 0 atom stereocenters. The van der Waals surface area contributed by atoms with Crippen LogP contribution < -0.4 is 15.1 Å². The van der Waals surface area contributed by atoms with Crippen molar-refractivity contribution in [1.82, 2.24) is 20.2 Å². The number of anilines is 1. The standard InChI is InChI=1S/C24H30N6O3S/c1-5-29(6-2)19-11-8-18(21(31)14-19)15-25-26-22(32)16-34-24-28-27-23(30(24)7-3)17-9-12-20(33-4)13-10-17/h8-15,31H,5-7,16H2,1-4H3,(H,26,32)/b25-15+. The van der Waals surface area contributed by atoms with Crippen LogP contribution in [0.1, 0.15) is 26.3 Å². The number of phenols is 1. The van der Waals surface area contributed by atoms with Crippen LogP contribution in [0.2, 0.25) is 0 Å². The second-order valence-corrected chi connectivity index (χ2v) is 8.22. The number of hydrogen-bond donors (Lipinski definition) is 2. The Hall–Kier alpha value is -3.53. The van der Waals surface area contributed by atoms with Gasteiger partial charge in [-0.2, -0.15) is 5.10 Å². The number of nitrogens with one attached hydrogen (secondary N) is 1. The summed E-state index contributed by atoms with van der Waals surface area (Å²) in [6.45, 7) is 8.50. The minimum Gasteiger partial charge on any atom is -0.507 e. The number of hydrogen-bond acceptors (Lipinski definition) is 8. The lowest BCUT2D eigenvalue weighted by Gasteiger charge is -2.21. The van der Waals surface area contributed by atoms with E-state index >= 15 is 0 Å². The molecule has 0 aliphatic heterocycles. The van der Waals surface area contributed by atoms with Crippen molar-refractivity contribution in [2.24, 2.45) is 5.10 Å². The van der Waals surface area contributed by atoms with E-state index < -0.39 is 0 Å². The van der Waals surface area contributed by atoms with Crippen LogP contribution in [0.3, 0.4) is 0 Å². The normalized spacial score (nSPS) is 11.1. The molecule has 3 rings (SSSR count). The van der Waals surface area contributed by atoms with Crippen molar-refractivity contribution in [2.75, 3.05) is 30.9 Å². The lowest BCUT2D eigenvalue weighted by Crippen LogP contribution is -2.21. The maximum absolute atomic E-state index is 12.3. The van der Waals surface area contributed by atoms with Crippen LogP contribution in [0.4, 0.5) is 5.69 Å². The highest BCUT2D eigenvalue weighted by Gasteiger charge is 2.14. The number of ether oxygens (including phenoxy) is 1. The molecule has 1 heterocycles. The summed E-state index contributed by atoms with van der Waals surface area (Å²) < 4.78 is 7.16. The molecule has 0 saturated heterocycles. The predicted molar refractivity (Wildman–Crippen MR) is 136 cm³/mol. The zero-order valence-electron chi connectivity index (χ0n) is 19.9.